The maximum atomic E-state index is 5.82. The maximum Gasteiger partial charge on any atom is 0.129 e. The Morgan fingerprint density at radius 2 is 2.19 bits per heavy atom. The minimum absolute atomic E-state index is 0.285. The number of hydrogen-bond acceptors (Lipinski definition) is 3. The highest BCUT2D eigenvalue weighted by Crippen LogP contribution is 2.23. The van der Waals surface area contributed by atoms with Crippen LogP contribution < -0.4 is 5.32 Å². The maximum absolute atomic E-state index is 5.82. The lowest BCUT2D eigenvalue weighted by molar-refractivity contribution is 0.885. The molecule has 0 aromatic carbocycles. The van der Waals surface area contributed by atoms with Crippen molar-refractivity contribution in [2.45, 2.75) is 19.9 Å². The van der Waals surface area contributed by atoms with Crippen molar-refractivity contribution in [3.05, 3.63) is 45.4 Å². The molecule has 0 radical (unpaired) electrons. The number of halogens is 1. The first-order valence-electron chi connectivity index (χ1n) is 5.08. The van der Waals surface area contributed by atoms with Crippen LogP contribution in [0.3, 0.4) is 0 Å². The molecule has 1 atom stereocenters. The molecule has 0 aliphatic rings. The average Bonchev–Trinajstić information content (AvgIpc) is 2.75. The van der Waals surface area contributed by atoms with Crippen LogP contribution in [0.2, 0.25) is 5.15 Å². The predicted octanol–water partition coefficient (Wildman–Crippen LogP) is 4.28. The number of nitrogens with zero attached hydrogens (tertiary/aromatic N) is 1. The highest BCUT2D eigenvalue weighted by atomic mass is 35.5. The number of hydrogen-bond donors (Lipinski definition) is 1. The number of pyridine rings is 1. The molecule has 0 aliphatic carbocycles. The first kappa shape index (κ1) is 11.4. The van der Waals surface area contributed by atoms with E-state index in [0.29, 0.717) is 5.15 Å². The second-order valence-electron chi connectivity index (χ2n) is 3.69. The van der Waals surface area contributed by atoms with Gasteiger partial charge in [0.25, 0.3) is 0 Å². The van der Waals surface area contributed by atoms with Crippen LogP contribution in [0.4, 0.5) is 5.69 Å². The fraction of sp³-hybridized carbons (Fsp3) is 0.250. The van der Waals surface area contributed by atoms with Gasteiger partial charge in [-0.05, 0) is 48.4 Å². The molecule has 1 N–H and O–H groups in total. The monoisotopic (exact) mass is 252 g/mol. The smallest absolute Gasteiger partial charge is 0.129 e. The van der Waals surface area contributed by atoms with Crippen molar-refractivity contribution >= 4 is 28.6 Å². The summed E-state index contributed by atoms with van der Waals surface area (Å²) in [6.45, 7) is 4.09. The lowest BCUT2D eigenvalue weighted by Gasteiger charge is -2.15. The molecule has 0 fully saturated rings. The van der Waals surface area contributed by atoms with E-state index in [9.17, 15) is 0 Å². The number of aromatic nitrogens is 1. The summed E-state index contributed by atoms with van der Waals surface area (Å²) in [5.74, 6) is 0. The summed E-state index contributed by atoms with van der Waals surface area (Å²) >= 11 is 7.52. The summed E-state index contributed by atoms with van der Waals surface area (Å²) in [5, 5.41) is 8.19. The molecule has 0 spiro atoms. The van der Waals surface area contributed by atoms with Crippen molar-refractivity contribution < 1.29 is 0 Å². The zero-order valence-corrected chi connectivity index (χ0v) is 10.8. The Morgan fingerprint density at radius 1 is 1.38 bits per heavy atom. The van der Waals surface area contributed by atoms with Crippen LogP contribution in [0.15, 0.2) is 29.0 Å². The van der Waals surface area contributed by atoms with Gasteiger partial charge in [-0.3, -0.25) is 0 Å². The largest absolute Gasteiger partial charge is 0.377 e. The zero-order chi connectivity index (χ0) is 11.5. The van der Waals surface area contributed by atoms with Gasteiger partial charge in [-0.15, -0.1) is 0 Å². The van der Waals surface area contributed by atoms with Crippen LogP contribution in [0.25, 0.3) is 0 Å². The third-order valence-electron chi connectivity index (χ3n) is 2.47. The van der Waals surface area contributed by atoms with Crippen molar-refractivity contribution in [3.63, 3.8) is 0 Å². The van der Waals surface area contributed by atoms with Gasteiger partial charge in [0.05, 0.1) is 11.4 Å². The van der Waals surface area contributed by atoms with Gasteiger partial charge in [0, 0.05) is 6.04 Å². The summed E-state index contributed by atoms with van der Waals surface area (Å²) in [6, 6.07) is 6.18. The highest BCUT2D eigenvalue weighted by Gasteiger charge is 2.07. The molecule has 0 bridgehead atoms. The molecule has 2 nitrogen and oxygen atoms in total. The summed E-state index contributed by atoms with van der Waals surface area (Å²) < 4.78 is 0. The van der Waals surface area contributed by atoms with Crippen LogP contribution in [0.5, 0.6) is 0 Å². The molecule has 0 saturated carbocycles. The van der Waals surface area contributed by atoms with Crippen molar-refractivity contribution in [1.82, 2.24) is 4.98 Å². The van der Waals surface area contributed by atoms with Gasteiger partial charge in [-0.2, -0.15) is 11.3 Å². The predicted molar refractivity (Wildman–Crippen MR) is 70.3 cm³/mol. The molecule has 16 heavy (non-hydrogen) atoms. The first-order valence-corrected chi connectivity index (χ1v) is 6.40. The zero-order valence-electron chi connectivity index (χ0n) is 9.20. The molecular formula is C12H13ClN2S. The van der Waals surface area contributed by atoms with E-state index in [4.69, 9.17) is 11.6 Å². The third kappa shape index (κ3) is 2.54. The summed E-state index contributed by atoms with van der Waals surface area (Å²) in [5.41, 5.74) is 3.25. The first-order chi connectivity index (χ1) is 7.66. The summed E-state index contributed by atoms with van der Waals surface area (Å²) in [7, 11) is 0. The lowest BCUT2D eigenvalue weighted by Crippen LogP contribution is -2.07. The van der Waals surface area contributed by atoms with E-state index in [1.807, 2.05) is 13.0 Å². The minimum Gasteiger partial charge on any atom is -0.377 e. The van der Waals surface area contributed by atoms with Gasteiger partial charge in [-0.1, -0.05) is 11.6 Å². The number of thiophene rings is 1. The van der Waals surface area contributed by atoms with Crippen LogP contribution in [0, 0.1) is 6.92 Å². The number of rotatable bonds is 3. The van der Waals surface area contributed by atoms with Gasteiger partial charge in [0.1, 0.15) is 5.15 Å². The van der Waals surface area contributed by atoms with Crippen LogP contribution in [-0.4, -0.2) is 4.98 Å². The number of anilines is 1. The van der Waals surface area contributed by atoms with Crippen molar-refractivity contribution in [2.24, 2.45) is 0 Å². The Labute approximate surface area is 104 Å². The van der Waals surface area contributed by atoms with E-state index < -0.39 is 0 Å². The molecule has 1 unspecified atom stereocenters. The van der Waals surface area contributed by atoms with Gasteiger partial charge >= 0.3 is 0 Å². The fourth-order valence-corrected chi connectivity index (χ4v) is 2.46. The molecule has 2 heterocycles. The molecule has 84 valence electrons. The fourth-order valence-electron chi connectivity index (χ4n) is 1.52. The van der Waals surface area contributed by atoms with Gasteiger partial charge in [0.2, 0.25) is 0 Å². The van der Waals surface area contributed by atoms with E-state index in [2.05, 4.69) is 34.1 Å². The van der Waals surface area contributed by atoms with Gasteiger partial charge < -0.3 is 5.32 Å². The Kier molecular flexibility index (Phi) is 3.46. The van der Waals surface area contributed by atoms with E-state index in [0.717, 1.165) is 11.4 Å². The Bertz CT molecular complexity index is 468. The Hall–Kier alpha value is -1.06. The highest BCUT2D eigenvalue weighted by molar-refractivity contribution is 7.07. The number of aryl methyl sites for hydroxylation is 1. The number of nitrogens with one attached hydrogen (secondary N) is 1. The molecular weight excluding hydrogens is 240 g/mol. The van der Waals surface area contributed by atoms with E-state index in [1.165, 1.54) is 5.56 Å². The topological polar surface area (TPSA) is 24.9 Å². The van der Waals surface area contributed by atoms with Gasteiger partial charge in [-0.25, -0.2) is 4.98 Å². The molecule has 2 aromatic heterocycles. The second kappa shape index (κ2) is 4.85. The van der Waals surface area contributed by atoms with Crippen LogP contribution in [0.1, 0.15) is 24.2 Å². The average molecular weight is 253 g/mol. The standard InChI is InChI=1S/C12H13ClN2S/c1-8(10-5-6-16-7-10)14-11-3-4-12(13)15-9(11)2/h3-8,14H,1-2H3. The Balaban J connectivity index is 2.15. The summed E-state index contributed by atoms with van der Waals surface area (Å²) in [4.78, 5) is 4.21. The van der Waals surface area contributed by atoms with Crippen molar-refractivity contribution in [3.8, 4) is 0 Å². The molecule has 4 heteroatoms. The molecule has 0 aliphatic heterocycles. The van der Waals surface area contributed by atoms with Crippen molar-refractivity contribution in [1.29, 1.82) is 0 Å². The normalized spacial score (nSPS) is 12.4. The van der Waals surface area contributed by atoms with E-state index >= 15 is 0 Å². The quantitative estimate of drug-likeness (QED) is 0.825. The Morgan fingerprint density at radius 3 is 2.81 bits per heavy atom. The molecule has 0 amide bonds. The van der Waals surface area contributed by atoms with E-state index in [-0.39, 0.29) is 6.04 Å². The second-order valence-corrected chi connectivity index (χ2v) is 4.86. The molecule has 0 saturated heterocycles. The molecule has 2 aromatic rings. The SMILES string of the molecule is Cc1nc(Cl)ccc1NC(C)c1ccsc1. The van der Waals surface area contributed by atoms with Crippen LogP contribution in [-0.2, 0) is 0 Å². The summed E-state index contributed by atoms with van der Waals surface area (Å²) in [6.07, 6.45) is 0. The van der Waals surface area contributed by atoms with Crippen LogP contribution >= 0.6 is 22.9 Å². The van der Waals surface area contributed by atoms with E-state index in [1.54, 1.807) is 17.4 Å². The minimum atomic E-state index is 0.285. The third-order valence-corrected chi connectivity index (χ3v) is 3.38. The lowest BCUT2D eigenvalue weighted by atomic mass is 10.1. The van der Waals surface area contributed by atoms with Crippen molar-refractivity contribution in [2.75, 3.05) is 5.32 Å². The van der Waals surface area contributed by atoms with Gasteiger partial charge in [0.15, 0.2) is 0 Å². The molecule has 2 rings (SSSR count).